The summed E-state index contributed by atoms with van der Waals surface area (Å²) in [4.78, 5) is 32.3. The quantitative estimate of drug-likeness (QED) is 0.421. The van der Waals surface area contributed by atoms with E-state index >= 15 is 0 Å². The topological polar surface area (TPSA) is 88.3 Å². The van der Waals surface area contributed by atoms with Gasteiger partial charge in [0.1, 0.15) is 5.75 Å². The van der Waals surface area contributed by atoms with Gasteiger partial charge in [0.05, 0.1) is 23.6 Å². The first-order valence-electron chi connectivity index (χ1n) is 11.5. The van der Waals surface area contributed by atoms with Crippen LogP contribution in [0.1, 0.15) is 11.1 Å². The van der Waals surface area contributed by atoms with Crippen molar-refractivity contribution in [1.29, 1.82) is 0 Å². The second-order valence-corrected chi connectivity index (χ2v) is 9.74. The van der Waals surface area contributed by atoms with E-state index in [1.165, 1.54) is 11.3 Å². The Bertz CT molecular complexity index is 1660. The zero-order valence-electron chi connectivity index (χ0n) is 19.6. The van der Waals surface area contributed by atoms with Gasteiger partial charge in [0, 0.05) is 28.6 Å². The summed E-state index contributed by atoms with van der Waals surface area (Å²) in [5.41, 5.74) is 4.96. The average molecular weight is 530 g/mol. The summed E-state index contributed by atoms with van der Waals surface area (Å²) in [6.07, 6.45) is 0. The summed E-state index contributed by atoms with van der Waals surface area (Å²) < 4.78 is 7.17. The van der Waals surface area contributed by atoms with Crippen molar-refractivity contribution in [1.82, 2.24) is 4.68 Å². The third kappa shape index (κ3) is 4.22. The molecule has 0 radical (unpaired) electrons. The molecule has 0 bridgehead atoms. The van der Waals surface area contributed by atoms with E-state index in [9.17, 15) is 9.59 Å². The normalized spacial score (nSPS) is 16.0. The lowest BCUT2D eigenvalue weighted by molar-refractivity contribution is -0.118. The van der Waals surface area contributed by atoms with Crippen LogP contribution >= 0.6 is 22.9 Å². The molecule has 0 saturated carbocycles. The number of carbonyl (C=O) groups excluding carboxylic acids is 2. The highest BCUT2D eigenvalue weighted by Gasteiger charge is 2.34. The van der Waals surface area contributed by atoms with E-state index in [1.54, 1.807) is 16.6 Å². The summed E-state index contributed by atoms with van der Waals surface area (Å²) in [6, 6.07) is 20.6. The van der Waals surface area contributed by atoms with Gasteiger partial charge in [0.25, 0.3) is 11.8 Å². The van der Waals surface area contributed by atoms with Crippen LogP contribution in [0.4, 0.5) is 11.4 Å². The predicted molar refractivity (Wildman–Crippen MR) is 144 cm³/mol. The molecule has 3 aromatic carbocycles. The first-order chi connectivity index (χ1) is 18.0. The number of hydrogen-bond donors (Lipinski definition) is 1. The molecule has 2 aliphatic rings. The number of aromatic nitrogens is 1. The monoisotopic (exact) mass is 529 g/mol. The van der Waals surface area contributed by atoms with Crippen LogP contribution in [0, 0.1) is 0 Å². The van der Waals surface area contributed by atoms with E-state index in [-0.39, 0.29) is 18.4 Å². The van der Waals surface area contributed by atoms with Crippen LogP contribution < -0.4 is 19.8 Å². The maximum absolute atomic E-state index is 13.7. The van der Waals surface area contributed by atoms with Crippen LogP contribution in [0.5, 0.6) is 5.75 Å². The highest BCUT2D eigenvalue weighted by molar-refractivity contribution is 7.07. The molecule has 10 heteroatoms. The first-order valence-corrected chi connectivity index (χ1v) is 12.7. The van der Waals surface area contributed by atoms with E-state index in [2.05, 4.69) is 10.3 Å². The van der Waals surface area contributed by atoms with Gasteiger partial charge in [-0.25, -0.2) is 4.68 Å². The SMILES string of the molecule is CN=c1scc(-c2ccc3c(c2)NC(=O)CO3)n1N=C1C(=O)N(Cc2ccc(Cl)cc2)c2ccccc21. The Labute approximate surface area is 221 Å². The van der Waals surface area contributed by atoms with Gasteiger partial charge in [-0.2, -0.15) is 5.10 Å². The van der Waals surface area contributed by atoms with Crippen LogP contribution in [-0.4, -0.2) is 35.9 Å². The minimum Gasteiger partial charge on any atom is -0.482 e. The molecular formula is C27H20ClN5O3S. The van der Waals surface area contributed by atoms with Crippen molar-refractivity contribution < 1.29 is 14.3 Å². The average Bonchev–Trinajstić information content (AvgIpc) is 3.44. The van der Waals surface area contributed by atoms with Crippen molar-refractivity contribution in [2.24, 2.45) is 10.1 Å². The summed E-state index contributed by atoms with van der Waals surface area (Å²) in [5.74, 6) is 0.199. The van der Waals surface area contributed by atoms with Gasteiger partial charge in [-0.05, 0) is 42.0 Å². The summed E-state index contributed by atoms with van der Waals surface area (Å²) in [6.45, 7) is 0.383. The van der Waals surface area contributed by atoms with Crippen LogP contribution in [0.3, 0.4) is 0 Å². The van der Waals surface area contributed by atoms with Crippen LogP contribution in [0.2, 0.25) is 5.02 Å². The number of fused-ring (bicyclic) bond motifs is 2. The molecule has 0 aliphatic carbocycles. The second-order valence-electron chi connectivity index (χ2n) is 8.47. The largest absolute Gasteiger partial charge is 0.482 e. The molecule has 4 aromatic rings. The molecular weight excluding hydrogens is 510 g/mol. The lowest BCUT2D eigenvalue weighted by Gasteiger charge is -2.18. The van der Waals surface area contributed by atoms with Gasteiger partial charge in [0.15, 0.2) is 12.3 Å². The fourth-order valence-electron chi connectivity index (χ4n) is 4.38. The molecule has 1 aromatic heterocycles. The fraction of sp³-hybridized carbons (Fsp3) is 0.111. The molecule has 6 rings (SSSR count). The number of rotatable bonds is 4. The van der Waals surface area contributed by atoms with E-state index in [1.807, 2.05) is 72.1 Å². The van der Waals surface area contributed by atoms with Gasteiger partial charge in [-0.15, -0.1) is 11.3 Å². The number of amides is 2. The van der Waals surface area contributed by atoms with Crippen LogP contribution in [0.25, 0.3) is 11.3 Å². The maximum atomic E-state index is 13.7. The van der Waals surface area contributed by atoms with E-state index in [0.29, 0.717) is 33.5 Å². The number of hydrogen-bond acceptors (Lipinski definition) is 6. The number of carbonyl (C=O) groups is 2. The Morgan fingerprint density at radius 2 is 1.89 bits per heavy atom. The highest BCUT2D eigenvalue weighted by Crippen LogP contribution is 2.34. The predicted octanol–water partition coefficient (Wildman–Crippen LogP) is 4.53. The van der Waals surface area contributed by atoms with E-state index in [0.717, 1.165) is 28.1 Å². The van der Waals surface area contributed by atoms with Crippen molar-refractivity contribution in [3.05, 3.63) is 93.1 Å². The van der Waals surface area contributed by atoms with Crippen LogP contribution in [0.15, 0.2) is 82.2 Å². The molecule has 0 fully saturated rings. The highest BCUT2D eigenvalue weighted by atomic mass is 35.5. The minimum atomic E-state index is -0.207. The summed E-state index contributed by atoms with van der Waals surface area (Å²) >= 11 is 7.46. The third-order valence-electron chi connectivity index (χ3n) is 6.14. The molecule has 2 aliphatic heterocycles. The molecule has 184 valence electrons. The second kappa shape index (κ2) is 9.34. The number of benzene rings is 3. The van der Waals surface area contributed by atoms with E-state index in [4.69, 9.17) is 21.4 Å². The van der Waals surface area contributed by atoms with Crippen molar-refractivity contribution >= 4 is 51.8 Å². The summed E-state index contributed by atoms with van der Waals surface area (Å²) in [5, 5.41) is 10.2. The molecule has 1 N–H and O–H groups in total. The van der Waals surface area contributed by atoms with Gasteiger partial charge < -0.3 is 15.0 Å². The maximum Gasteiger partial charge on any atom is 0.279 e. The molecule has 0 unspecified atom stereocenters. The zero-order valence-corrected chi connectivity index (χ0v) is 21.2. The number of nitrogens with one attached hydrogen (secondary N) is 1. The van der Waals surface area contributed by atoms with Gasteiger partial charge in [0.2, 0.25) is 4.80 Å². The van der Waals surface area contributed by atoms with Crippen molar-refractivity contribution in [3.8, 4) is 17.0 Å². The lowest BCUT2D eigenvalue weighted by atomic mass is 10.1. The number of ether oxygens (including phenoxy) is 1. The Hall–Kier alpha value is -4.21. The Balaban J connectivity index is 1.43. The molecule has 3 heterocycles. The molecule has 0 saturated heterocycles. The smallest absolute Gasteiger partial charge is 0.279 e. The Kier molecular flexibility index (Phi) is 5.86. The standard InChI is InChI=1S/C27H20ClN5O3S/c1-29-27-33(22(15-37-27)17-8-11-23-20(12-17)30-24(34)14-36-23)31-25-19-4-2-3-5-21(19)32(26(25)35)13-16-6-9-18(28)10-7-16/h2-12,15H,13-14H2,1H3,(H,30,34). The minimum absolute atomic E-state index is 0.00858. The van der Waals surface area contributed by atoms with Gasteiger partial charge in [-0.3, -0.25) is 14.6 Å². The van der Waals surface area contributed by atoms with Crippen LogP contribution in [-0.2, 0) is 16.1 Å². The van der Waals surface area contributed by atoms with Crippen molar-refractivity contribution in [3.63, 3.8) is 0 Å². The Morgan fingerprint density at radius 1 is 1.08 bits per heavy atom. The first kappa shape index (κ1) is 23.2. The zero-order chi connectivity index (χ0) is 25.5. The Morgan fingerprint density at radius 3 is 2.70 bits per heavy atom. The number of halogens is 1. The van der Waals surface area contributed by atoms with E-state index < -0.39 is 0 Å². The fourth-order valence-corrected chi connectivity index (χ4v) is 5.30. The van der Waals surface area contributed by atoms with Gasteiger partial charge in [-0.1, -0.05) is 41.9 Å². The number of anilines is 2. The number of thiazole rings is 1. The molecule has 37 heavy (non-hydrogen) atoms. The van der Waals surface area contributed by atoms with Crippen molar-refractivity contribution in [2.45, 2.75) is 6.54 Å². The molecule has 0 atom stereocenters. The van der Waals surface area contributed by atoms with Gasteiger partial charge >= 0.3 is 0 Å². The number of nitrogens with zero attached hydrogens (tertiary/aromatic N) is 4. The third-order valence-corrected chi connectivity index (χ3v) is 7.30. The van der Waals surface area contributed by atoms with Crippen molar-refractivity contribution in [2.75, 3.05) is 23.9 Å². The molecule has 8 nitrogen and oxygen atoms in total. The molecule has 0 spiro atoms. The molecule has 2 amide bonds. The lowest BCUT2D eigenvalue weighted by Crippen LogP contribution is -2.30. The summed E-state index contributed by atoms with van der Waals surface area (Å²) in [7, 11) is 1.68. The number of para-hydroxylation sites is 1.